The van der Waals surface area contributed by atoms with Gasteiger partial charge in [-0.1, -0.05) is 0 Å². The van der Waals surface area contributed by atoms with Crippen LogP contribution in [0, 0.1) is 0 Å². The summed E-state index contributed by atoms with van der Waals surface area (Å²) in [6.45, 7) is 0.684. The molecule has 2 aliphatic rings. The van der Waals surface area contributed by atoms with Crippen molar-refractivity contribution in [2.75, 3.05) is 6.54 Å². The van der Waals surface area contributed by atoms with Crippen molar-refractivity contribution in [1.82, 2.24) is 10.3 Å². The third-order valence-corrected chi connectivity index (χ3v) is 6.68. The second-order valence-electron chi connectivity index (χ2n) is 7.59. The fourth-order valence-electron chi connectivity index (χ4n) is 3.94. The van der Waals surface area contributed by atoms with E-state index in [1.165, 1.54) is 47.7 Å². The van der Waals surface area contributed by atoms with E-state index in [4.69, 9.17) is 9.72 Å². The van der Waals surface area contributed by atoms with E-state index in [0.717, 1.165) is 37.9 Å². The smallest absolute Gasteiger partial charge is 0.251 e. The second kappa shape index (κ2) is 8.87. The Kier molecular flexibility index (Phi) is 6.07. The lowest BCUT2D eigenvalue weighted by Gasteiger charge is -2.13. The Labute approximate surface area is 165 Å². The first-order valence-electron chi connectivity index (χ1n) is 10.3. The zero-order chi connectivity index (χ0) is 18.5. The van der Waals surface area contributed by atoms with Gasteiger partial charge in [-0.2, -0.15) is 0 Å². The van der Waals surface area contributed by atoms with Crippen LogP contribution >= 0.6 is 11.3 Å². The number of fused-ring (bicyclic) bond motifs is 1. The molecule has 1 amide bonds. The number of ether oxygens (including phenoxy) is 1. The largest absolute Gasteiger partial charge is 0.490 e. The van der Waals surface area contributed by atoms with Gasteiger partial charge >= 0.3 is 0 Å². The van der Waals surface area contributed by atoms with Crippen LogP contribution in [0.2, 0.25) is 0 Å². The predicted octanol–water partition coefficient (Wildman–Crippen LogP) is 4.71. The lowest BCUT2D eigenvalue weighted by atomic mass is 10.0. The molecule has 4 nitrogen and oxygen atoms in total. The highest BCUT2D eigenvalue weighted by atomic mass is 32.1. The number of aromatic nitrogens is 1. The van der Waals surface area contributed by atoms with Crippen LogP contribution in [0.15, 0.2) is 24.3 Å². The number of carbonyl (C=O) groups excluding carboxylic acids is 1. The lowest BCUT2D eigenvalue weighted by Crippen LogP contribution is -2.24. The number of carbonyl (C=O) groups is 1. The van der Waals surface area contributed by atoms with Crippen LogP contribution < -0.4 is 10.1 Å². The maximum absolute atomic E-state index is 12.3. The molecule has 0 bridgehead atoms. The molecule has 0 radical (unpaired) electrons. The normalized spacial score (nSPS) is 16.9. The van der Waals surface area contributed by atoms with Gasteiger partial charge in [-0.05, 0) is 82.1 Å². The number of hydrogen-bond acceptors (Lipinski definition) is 4. The fraction of sp³-hybridized carbons (Fsp3) is 0.545. The summed E-state index contributed by atoms with van der Waals surface area (Å²) in [5.41, 5.74) is 2.02. The summed E-state index contributed by atoms with van der Waals surface area (Å²) < 4.78 is 5.95. The highest BCUT2D eigenvalue weighted by molar-refractivity contribution is 7.11. The summed E-state index contributed by atoms with van der Waals surface area (Å²) >= 11 is 1.87. The average Bonchev–Trinajstić information content (AvgIpc) is 3.34. The third kappa shape index (κ3) is 4.89. The summed E-state index contributed by atoms with van der Waals surface area (Å²) in [5.74, 6) is 0.854. The molecule has 1 saturated carbocycles. The van der Waals surface area contributed by atoms with E-state index in [2.05, 4.69) is 5.32 Å². The molecule has 5 heteroatoms. The summed E-state index contributed by atoms with van der Waals surface area (Å²) in [7, 11) is 0. The number of benzene rings is 1. The molecular formula is C22H28N2O2S. The van der Waals surface area contributed by atoms with Gasteiger partial charge in [0.05, 0.1) is 16.8 Å². The van der Waals surface area contributed by atoms with Gasteiger partial charge in [-0.15, -0.1) is 11.3 Å². The van der Waals surface area contributed by atoms with E-state index in [1.54, 1.807) is 0 Å². The zero-order valence-corrected chi connectivity index (χ0v) is 16.7. The molecule has 0 aliphatic heterocycles. The van der Waals surface area contributed by atoms with Gasteiger partial charge in [0.15, 0.2) is 0 Å². The van der Waals surface area contributed by atoms with E-state index < -0.39 is 0 Å². The summed E-state index contributed by atoms with van der Waals surface area (Å²) in [6, 6.07) is 7.53. The van der Waals surface area contributed by atoms with E-state index in [9.17, 15) is 4.79 Å². The first kappa shape index (κ1) is 18.5. The van der Waals surface area contributed by atoms with Gasteiger partial charge in [-0.3, -0.25) is 4.79 Å². The van der Waals surface area contributed by atoms with Gasteiger partial charge in [0, 0.05) is 23.4 Å². The van der Waals surface area contributed by atoms with Crippen molar-refractivity contribution in [3.63, 3.8) is 0 Å². The van der Waals surface area contributed by atoms with Crippen LogP contribution in [0.4, 0.5) is 0 Å². The molecule has 2 aromatic rings. The Bertz CT molecular complexity index is 740. The Morgan fingerprint density at radius 1 is 1.11 bits per heavy atom. The number of nitrogens with one attached hydrogen (secondary N) is 1. The van der Waals surface area contributed by atoms with Gasteiger partial charge < -0.3 is 10.1 Å². The minimum absolute atomic E-state index is 0.0131. The fourth-order valence-corrected chi connectivity index (χ4v) is 5.14. The lowest BCUT2D eigenvalue weighted by molar-refractivity contribution is 0.0953. The molecule has 1 aromatic heterocycles. The van der Waals surface area contributed by atoms with Crippen molar-refractivity contribution >= 4 is 17.2 Å². The number of rotatable bonds is 7. The first-order valence-corrected chi connectivity index (χ1v) is 11.1. The minimum Gasteiger partial charge on any atom is -0.490 e. The Morgan fingerprint density at radius 3 is 2.67 bits per heavy atom. The van der Waals surface area contributed by atoms with E-state index >= 15 is 0 Å². The molecule has 1 aromatic carbocycles. The van der Waals surface area contributed by atoms with E-state index in [-0.39, 0.29) is 5.91 Å². The monoisotopic (exact) mass is 384 g/mol. The number of nitrogens with zero attached hydrogens (tertiary/aromatic N) is 1. The van der Waals surface area contributed by atoms with Crippen LogP contribution in [0.1, 0.15) is 70.9 Å². The summed E-state index contributed by atoms with van der Waals surface area (Å²) in [4.78, 5) is 18.6. The van der Waals surface area contributed by atoms with E-state index in [1.807, 2.05) is 35.6 Å². The van der Waals surface area contributed by atoms with Crippen LogP contribution in [0.5, 0.6) is 5.75 Å². The predicted molar refractivity (Wildman–Crippen MR) is 109 cm³/mol. The van der Waals surface area contributed by atoms with Crippen LogP contribution in [-0.2, 0) is 19.3 Å². The van der Waals surface area contributed by atoms with Gasteiger partial charge in [-0.25, -0.2) is 4.98 Å². The number of amides is 1. The molecular weight excluding hydrogens is 356 g/mol. The SMILES string of the molecule is O=C(NCCCc1nc2c(s1)CCCC2)c1ccc(OC2CCCC2)cc1. The highest BCUT2D eigenvalue weighted by Gasteiger charge is 2.17. The molecule has 1 N–H and O–H groups in total. The molecule has 0 saturated heterocycles. The van der Waals surface area contributed by atoms with Crippen molar-refractivity contribution in [2.45, 2.75) is 70.3 Å². The van der Waals surface area contributed by atoms with Crippen LogP contribution in [-0.4, -0.2) is 23.5 Å². The Morgan fingerprint density at radius 2 is 1.89 bits per heavy atom. The van der Waals surface area contributed by atoms with Crippen LogP contribution in [0.25, 0.3) is 0 Å². The maximum atomic E-state index is 12.3. The van der Waals surface area contributed by atoms with Crippen LogP contribution in [0.3, 0.4) is 0 Å². The number of thiazole rings is 1. The molecule has 2 aliphatic carbocycles. The van der Waals surface area contributed by atoms with Crippen molar-refractivity contribution in [3.05, 3.63) is 45.4 Å². The third-order valence-electron chi connectivity index (χ3n) is 5.46. The molecule has 27 heavy (non-hydrogen) atoms. The molecule has 1 heterocycles. The topological polar surface area (TPSA) is 51.2 Å². The number of hydrogen-bond donors (Lipinski definition) is 1. The second-order valence-corrected chi connectivity index (χ2v) is 8.76. The number of aryl methyl sites for hydroxylation is 3. The molecule has 1 fully saturated rings. The van der Waals surface area contributed by atoms with Crippen molar-refractivity contribution in [3.8, 4) is 5.75 Å². The molecule has 4 rings (SSSR count). The molecule has 0 spiro atoms. The van der Waals surface area contributed by atoms with Gasteiger partial charge in [0.2, 0.25) is 0 Å². The molecule has 144 valence electrons. The first-order chi connectivity index (χ1) is 13.3. The van der Waals surface area contributed by atoms with E-state index in [0.29, 0.717) is 18.2 Å². The summed E-state index contributed by atoms with van der Waals surface area (Å²) in [6.07, 6.45) is 11.9. The molecule has 0 atom stereocenters. The van der Waals surface area contributed by atoms with Gasteiger partial charge in [0.1, 0.15) is 5.75 Å². The Hall–Kier alpha value is -1.88. The van der Waals surface area contributed by atoms with Crippen molar-refractivity contribution < 1.29 is 9.53 Å². The minimum atomic E-state index is -0.0131. The maximum Gasteiger partial charge on any atom is 0.251 e. The quantitative estimate of drug-likeness (QED) is 0.704. The standard InChI is InChI=1S/C22H28N2O2S/c25-22(16-11-13-18(14-12-16)26-17-6-1-2-7-17)23-15-5-10-21-24-19-8-3-4-9-20(19)27-21/h11-14,17H,1-10,15H2,(H,23,25). The zero-order valence-electron chi connectivity index (χ0n) is 15.8. The van der Waals surface area contributed by atoms with Crippen molar-refractivity contribution in [2.24, 2.45) is 0 Å². The molecule has 0 unspecified atom stereocenters. The Balaban J connectivity index is 1.20. The highest BCUT2D eigenvalue weighted by Crippen LogP contribution is 2.27. The average molecular weight is 385 g/mol. The van der Waals surface area contributed by atoms with Gasteiger partial charge in [0.25, 0.3) is 5.91 Å². The van der Waals surface area contributed by atoms with Crippen molar-refractivity contribution in [1.29, 1.82) is 0 Å². The summed E-state index contributed by atoms with van der Waals surface area (Å²) in [5, 5.41) is 4.25.